The number of hydrogen-bond donors (Lipinski definition) is 0. The highest BCUT2D eigenvalue weighted by Crippen LogP contribution is 2.24. The highest BCUT2D eigenvalue weighted by atomic mass is 16.2. The standard InChI is InChI=1S/C23H30N4O2/c1-18-7-6-9-22(19(18)2)25-13-15-26(16-14-25)23(29)10-12-27(20(3)28)17-21-8-4-5-11-24-21/h4-9,11H,10,12-17H2,1-3H3. The number of anilines is 1. The van der Waals surface area contributed by atoms with E-state index in [4.69, 9.17) is 0 Å². The van der Waals surface area contributed by atoms with E-state index in [2.05, 4.69) is 41.9 Å². The van der Waals surface area contributed by atoms with Gasteiger partial charge in [-0.15, -0.1) is 0 Å². The highest BCUT2D eigenvalue weighted by Gasteiger charge is 2.23. The number of nitrogens with zero attached hydrogens (tertiary/aromatic N) is 4. The minimum Gasteiger partial charge on any atom is -0.368 e. The fourth-order valence-corrected chi connectivity index (χ4v) is 3.70. The van der Waals surface area contributed by atoms with E-state index in [0.29, 0.717) is 32.6 Å². The molecule has 2 heterocycles. The smallest absolute Gasteiger partial charge is 0.224 e. The van der Waals surface area contributed by atoms with Crippen LogP contribution in [0.15, 0.2) is 42.6 Å². The second-order valence-electron chi connectivity index (χ2n) is 7.60. The first-order valence-electron chi connectivity index (χ1n) is 10.2. The van der Waals surface area contributed by atoms with Gasteiger partial charge in [0.25, 0.3) is 0 Å². The number of pyridine rings is 1. The Balaban J connectivity index is 1.51. The summed E-state index contributed by atoms with van der Waals surface area (Å²) in [5, 5.41) is 0. The van der Waals surface area contributed by atoms with Crippen molar-refractivity contribution in [2.24, 2.45) is 0 Å². The maximum Gasteiger partial charge on any atom is 0.224 e. The number of aryl methyl sites for hydroxylation is 1. The van der Waals surface area contributed by atoms with Gasteiger partial charge >= 0.3 is 0 Å². The summed E-state index contributed by atoms with van der Waals surface area (Å²) in [6.45, 7) is 9.77. The van der Waals surface area contributed by atoms with E-state index in [-0.39, 0.29) is 11.8 Å². The lowest BCUT2D eigenvalue weighted by Gasteiger charge is -2.37. The predicted octanol–water partition coefficient (Wildman–Crippen LogP) is 2.79. The Hall–Kier alpha value is -2.89. The first kappa shape index (κ1) is 20.8. The summed E-state index contributed by atoms with van der Waals surface area (Å²) in [4.78, 5) is 34.9. The van der Waals surface area contributed by atoms with Crippen LogP contribution in [-0.2, 0) is 16.1 Å². The molecule has 2 aromatic rings. The number of hydrogen-bond acceptors (Lipinski definition) is 4. The molecule has 0 atom stereocenters. The number of carbonyl (C=O) groups excluding carboxylic acids is 2. The van der Waals surface area contributed by atoms with Crippen molar-refractivity contribution in [1.82, 2.24) is 14.8 Å². The number of aromatic nitrogens is 1. The maximum atomic E-state index is 12.7. The molecule has 0 bridgehead atoms. The minimum absolute atomic E-state index is 0.0387. The SMILES string of the molecule is CC(=O)N(CCC(=O)N1CCN(c2cccc(C)c2C)CC1)Cc1ccccn1. The lowest BCUT2D eigenvalue weighted by molar-refractivity contribution is -0.134. The molecular weight excluding hydrogens is 364 g/mol. The van der Waals surface area contributed by atoms with Crippen molar-refractivity contribution in [3.63, 3.8) is 0 Å². The van der Waals surface area contributed by atoms with Crippen molar-refractivity contribution >= 4 is 17.5 Å². The van der Waals surface area contributed by atoms with E-state index < -0.39 is 0 Å². The molecule has 1 aromatic carbocycles. The normalized spacial score (nSPS) is 14.0. The molecule has 0 radical (unpaired) electrons. The fraction of sp³-hybridized carbons (Fsp3) is 0.435. The van der Waals surface area contributed by atoms with E-state index in [9.17, 15) is 9.59 Å². The van der Waals surface area contributed by atoms with Gasteiger partial charge in [-0.1, -0.05) is 18.2 Å². The van der Waals surface area contributed by atoms with Gasteiger partial charge in [-0.2, -0.15) is 0 Å². The van der Waals surface area contributed by atoms with Gasteiger partial charge in [0.2, 0.25) is 11.8 Å². The van der Waals surface area contributed by atoms with Gasteiger partial charge in [0.1, 0.15) is 0 Å². The van der Waals surface area contributed by atoms with Crippen LogP contribution < -0.4 is 4.90 Å². The van der Waals surface area contributed by atoms with Gasteiger partial charge in [0.15, 0.2) is 0 Å². The van der Waals surface area contributed by atoms with Gasteiger partial charge in [-0.05, 0) is 43.2 Å². The Bertz CT molecular complexity index is 845. The number of benzene rings is 1. The third-order valence-corrected chi connectivity index (χ3v) is 5.67. The van der Waals surface area contributed by atoms with Crippen LogP contribution in [0.4, 0.5) is 5.69 Å². The van der Waals surface area contributed by atoms with Crippen LogP contribution in [0.1, 0.15) is 30.2 Å². The molecule has 1 aromatic heterocycles. The predicted molar refractivity (Wildman–Crippen MR) is 115 cm³/mol. The molecule has 0 spiro atoms. The fourth-order valence-electron chi connectivity index (χ4n) is 3.70. The van der Waals surface area contributed by atoms with Gasteiger partial charge < -0.3 is 14.7 Å². The van der Waals surface area contributed by atoms with E-state index in [1.807, 2.05) is 23.1 Å². The Kier molecular flexibility index (Phi) is 6.86. The molecule has 2 amide bonds. The molecule has 1 saturated heterocycles. The zero-order chi connectivity index (χ0) is 20.8. The average Bonchev–Trinajstić information content (AvgIpc) is 2.73. The molecule has 1 aliphatic rings. The van der Waals surface area contributed by atoms with Gasteiger partial charge in [0.05, 0.1) is 12.2 Å². The molecule has 0 unspecified atom stereocenters. The van der Waals surface area contributed by atoms with Crippen LogP contribution in [-0.4, -0.2) is 59.3 Å². The molecule has 0 saturated carbocycles. The van der Waals surface area contributed by atoms with Crippen molar-refractivity contribution in [3.8, 4) is 0 Å². The molecular formula is C23H30N4O2. The van der Waals surface area contributed by atoms with Crippen molar-refractivity contribution in [2.75, 3.05) is 37.6 Å². The second-order valence-corrected chi connectivity index (χ2v) is 7.60. The zero-order valence-electron chi connectivity index (χ0n) is 17.6. The Morgan fingerprint density at radius 2 is 1.79 bits per heavy atom. The zero-order valence-corrected chi connectivity index (χ0v) is 17.6. The van der Waals surface area contributed by atoms with Crippen LogP contribution in [0, 0.1) is 13.8 Å². The van der Waals surface area contributed by atoms with Gasteiger partial charge in [-0.25, -0.2) is 0 Å². The molecule has 29 heavy (non-hydrogen) atoms. The number of amides is 2. The second kappa shape index (κ2) is 9.54. The summed E-state index contributed by atoms with van der Waals surface area (Å²) in [5.41, 5.74) is 4.68. The van der Waals surface area contributed by atoms with Crippen LogP contribution in [0.25, 0.3) is 0 Å². The Morgan fingerprint density at radius 3 is 2.45 bits per heavy atom. The van der Waals surface area contributed by atoms with Gasteiger partial charge in [0, 0.05) is 58.0 Å². The summed E-state index contributed by atoms with van der Waals surface area (Å²) in [7, 11) is 0. The molecule has 0 aliphatic carbocycles. The molecule has 1 aliphatic heterocycles. The van der Waals surface area contributed by atoms with Crippen LogP contribution in [0.5, 0.6) is 0 Å². The van der Waals surface area contributed by atoms with Crippen LogP contribution >= 0.6 is 0 Å². The van der Waals surface area contributed by atoms with Crippen molar-refractivity contribution in [3.05, 3.63) is 59.4 Å². The van der Waals surface area contributed by atoms with Crippen molar-refractivity contribution in [2.45, 2.75) is 33.7 Å². The lowest BCUT2D eigenvalue weighted by atomic mass is 10.1. The van der Waals surface area contributed by atoms with E-state index in [0.717, 1.165) is 18.8 Å². The number of rotatable bonds is 6. The summed E-state index contributed by atoms with van der Waals surface area (Å²) in [6, 6.07) is 12.0. The topological polar surface area (TPSA) is 56.8 Å². The Morgan fingerprint density at radius 1 is 1.03 bits per heavy atom. The third-order valence-electron chi connectivity index (χ3n) is 5.67. The first-order valence-corrected chi connectivity index (χ1v) is 10.2. The van der Waals surface area contributed by atoms with Crippen molar-refractivity contribution in [1.29, 1.82) is 0 Å². The summed E-state index contributed by atoms with van der Waals surface area (Å²) in [5.74, 6) is 0.0704. The summed E-state index contributed by atoms with van der Waals surface area (Å²) < 4.78 is 0. The largest absolute Gasteiger partial charge is 0.368 e. The third kappa shape index (κ3) is 5.34. The highest BCUT2D eigenvalue weighted by molar-refractivity contribution is 5.78. The molecule has 6 heteroatoms. The Labute approximate surface area is 173 Å². The number of piperazine rings is 1. The maximum absolute atomic E-state index is 12.7. The monoisotopic (exact) mass is 394 g/mol. The van der Waals surface area contributed by atoms with Crippen molar-refractivity contribution < 1.29 is 9.59 Å². The van der Waals surface area contributed by atoms with Crippen LogP contribution in [0.2, 0.25) is 0 Å². The summed E-state index contributed by atoms with van der Waals surface area (Å²) in [6.07, 6.45) is 2.06. The molecule has 0 N–H and O–H groups in total. The van der Waals surface area contributed by atoms with E-state index in [1.165, 1.54) is 23.7 Å². The molecule has 3 rings (SSSR count). The van der Waals surface area contributed by atoms with Gasteiger partial charge in [-0.3, -0.25) is 14.6 Å². The van der Waals surface area contributed by atoms with Crippen LogP contribution in [0.3, 0.4) is 0 Å². The lowest BCUT2D eigenvalue weighted by Crippen LogP contribution is -2.49. The molecule has 154 valence electrons. The summed E-state index contributed by atoms with van der Waals surface area (Å²) >= 11 is 0. The minimum atomic E-state index is -0.0387. The quantitative estimate of drug-likeness (QED) is 0.756. The first-order chi connectivity index (χ1) is 14.0. The van der Waals surface area contributed by atoms with E-state index >= 15 is 0 Å². The van der Waals surface area contributed by atoms with E-state index in [1.54, 1.807) is 11.1 Å². The molecule has 1 fully saturated rings. The average molecular weight is 395 g/mol. The number of carbonyl (C=O) groups is 2. The molecule has 6 nitrogen and oxygen atoms in total.